The van der Waals surface area contributed by atoms with Crippen molar-refractivity contribution in [1.82, 2.24) is 5.32 Å². The van der Waals surface area contributed by atoms with Gasteiger partial charge in [0.25, 0.3) is 5.91 Å². The fourth-order valence-corrected chi connectivity index (χ4v) is 7.54. The van der Waals surface area contributed by atoms with Gasteiger partial charge in [-0.1, -0.05) is 24.3 Å². The van der Waals surface area contributed by atoms with E-state index in [1.54, 1.807) is 0 Å². The number of hydrogen-bond donors (Lipinski definition) is 2. The second-order valence-corrected chi connectivity index (χ2v) is 10.8. The van der Waals surface area contributed by atoms with E-state index in [0.717, 1.165) is 29.0 Å². The monoisotopic (exact) mass is 430 g/mol. The average molecular weight is 431 g/mol. The number of nitrogens with one attached hydrogen (secondary N) is 1. The van der Waals surface area contributed by atoms with E-state index in [2.05, 4.69) is 22.4 Å². The van der Waals surface area contributed by atoms with Crippen LogP contribution in [-0.2, 0) is 10.2 Å². The summed E-state index contributed by atoms with van der Waals surface area (Å²) in [5.74, 6) is 2.67. The topological polar surface area (TPSA) is 61.7 Å². The predicted molar refractivity (Wildman–Crippen MR) is 125 cm³/mol. The van der Waals surface area contributed by atoms with E-state index in [4.69, 9.17) is 0 Å². The third-order valence-corrected chi connectivity index (χ3v) is 8.51. The number of hydrogen-bond acceptors (Lipinski definition) is 4. The summed E-state index contributed by atoms with van der Waals surface area (Å²) in [6.07, 6.45) is 9.89. The van der Waals surface area contributed by atoms with E-state index in [9.17, 15) is 9.90 Å². The van der Waals surface area contributed by atoms with E-state index in [1.807, 2.05) is 42.5 Å². The van der Waals surface area contributed by atoms with Gasteiger partial charge in [-0.05, 0) is 109 Å². The van der Waals surface area contributed by atoms with Crippen molar-refractivity contribution in [2.24, 2.45) is 22.7 Å². The molecule has 1 aliphatic heterocycles. The Morgan fingerprint density at radius 1 is 1.00 bits per heavy atom. The van der Waals surface area contributed by atoms with Crippen molar-refractivity contribution in [1.29, 1.82) is 0 Å². The molecule has 2 N–H and O–H groups in total. The number of phenolic OH excluding ortho intramolecular Hbond substituents is 1. The second-order valence-electron chi connectivity index (χ2n) is 9.79. The van der Waals surface area contributed by atoms with E-state index in [0.29, 0.717) is 10.1 Å². The molecule has 4 aliphatic carbocycles. The van der Waals surface area contributed by atoms with Crippen LogP contribution in [-0.4, -0.2) is 16.2 Å². The number of para-hydroxylation sites is 1. The van der Waals surface area contributed by atoms with Gasteiger partial charge in [-0.2, -0.15) is 0 Å². The minimum Gasteiger partial charge on any atom is -0.507 e. The van der Waals surface area contributed by atoms with Crippen LogP contribution in [0.2, 0.25) is 0 Å². The Kier molecular flexibility index (Phi) is 4.49. The number of benzene rings is 2. The standard InChI is InChI=1S/C26H26N2O2S/c29-22-7-6-20(26-13-16-8-17(14-26)10-18(9-16)15-26)11-19(22)12-23-24(30)28-25(31-23)27-21-4-2-1-3-5-21/h1-7,11-12,16-18,29H,8-10,13-15H2,(H,27,28,30)/b23-12+. The number of rotatable bonds is 3. The maximum absolute atomic E-state index is 12.5. The third kappa shape index (κ3) is 3.49. The summed E-state index contributed by atoms with van der Waals surface area (Å²) >= 11 is 1.32. The maximum atomic E-state index is 12.5. The van der Waals surface area contributed by atoms with Crippen molar-refractivity contribution in [3.8, 4) is 5.75 Å². The first kappa shape index (κ1) is 19.2. The Hall–Kier alpha value is -2.53. The average Bonchev–Trinajstić information content (AvgIpc) is 3.08. The number of phenols is 1. The highest BCUT2D eigenvalue weighted by Gasteiger charge is 2.51. The molecule has 1 heterocycles. The van der Waals surface area contributed by atoms with Crippen molar-refractivity contribution >= 4 is 34.6 Å². The van der Waals surface area contributed by atoms with Gasteiger partial charge in [0.2, 0.25) is 0 Å². The Balaban J connectivity index is 1.30. The molecule has 2 aromatic rings. The molecule has 0 aromatic heterocycles. The van der Waals surface area contributed by atoms with E-state index in [1.165, 1.54) is 55.9 Å². The molecule has 158 valence electrons. The van der Waals surface area contributed by atoms with E-state index >= 15 is 0 Å². The van der Waals surface area contributed by atoms with Gasteiger partial charge in [-0.3, -0.25) is 4.79 Å². The molecule has 0 spiro atoms. The second kappa shape index (κ2) is 7.27. The van der Waals surface area contributed by atoms with E-state index in [-0.39, 0.29) is 17.1 Å². The molecular formula is C26H26N2O2S. The van der Waals surface area contributed by atoms with E-state index < -0.39 is 0 Å². The smallest absolute Gasteiger partial charge is 0.264 e. The summed E-state index contributed by atoms with van der Waals surface area (Å²) in [5.41, 5.74) is 3.14. The van der Waals surface area contributed by atoms with Crippen LogP contribution < -0.4 is 5.32 Å². The molecule has 0 unspecified atom stereocenters. The first-order chi connectivity index (χ1) is 15.1. The molecule has 5 aliphatic rings. The van der Waals surface area contributed by atoms with Crippen LogP contribution in [0.5, 0.6) is 5.75 Å². The van der Waals surface area contributed by atoms with Crippen molar-refractivity contribution in [2.45, 2.75) is 43.9 Å². The molecule has 1 saturated heterocycles. The van der Waals surface area contributed by atoms with Crippen LogP contribution >= 0.6 is 11.8 Å². The molecular weight excluding hydrogens is 404 g/mol. The number of amidine groups is 1. The van der Waals surface area contributed by atoms with Crippen LogP contribution in [0.4, 0.5) is 5.69 Å². The molecule has 0 atom stereocenters. The van der Waals surface area contributed by atoms with Gasteiger partial charge >= 0.3 is 0 Å². The first-order valence-electron chi connectivity index (χ1n) is 11.2. The van der Waals surface area contributed by atoms with Crippen LogP contribution in [0.3, 0.4) is 0 Å². The number of amides is 1. The fraction of sp³-hybridized carbons (Fsp3) is 0.385. The Morgan fingerprint density at radius 2 is 1.68 bits per heavy atom. The summed E-state index contributed by atoms with van der Waals surface area (Å²) < 4.78 is 0. The van der Waals surface area contributed by atoms with Crippen molar-refractivity contribution in [2.75, 3.05) is 0 Å². The molecule has 4 saturated carbocycles. The van der Waals surface area contributed by atoms with Gasteiger partial charge in [0.1, 0.15) is 5.75 Å². The Morgan fingerprint density at radius 3 is 2.35 bits per heavy atom. The lowest BCUT2D eigenvalue weighted by molar-refractivity contribution is -0.115. The summed E-state index contributed by atoms with van der Waals surface area (Å²) in [5, 5.41) is 14.0. The first-order valence-corrected chi connectivity index (χ1v) is 12.1. The molecule has 5 fully saturated rings. The quantitative estimate of drug-likeness (QED) is 0.609. The number of nitrogens with zero attached hydrogens (tertiary/aromatic N) is 1. The van der Waals surface area contributed by atoms with Gasteiger partial charge in [-0.15, -0.1) is 0 Å². The maximum Gasteiger partial charge on any atom is 0.264 e. The Bertz CT molecular complexity index is 1070. The number of aliphatic imine (C=N–C) groups is 1. The summed E-state index contributed by atoms with van der Waals surface area (Å²) in [7, 11) is 0. The van der Waals surface area contributed by atoms with Crippen LogP contribution in [0.15, 0.2) is 58.4 Å². The highest BCUT2D eigenvalue weighted by molar-refractivity contribution is 8.18. The zero-order chi connectivity index (χ0) is 21.0. The van der Waals surface area contributed by atoms with Crippen LogP contribution in [0.1, 0.15) is 49.7 Å². The molecule has 7 rings (SSSR count). The van der Waals surface area contributed by atoms with Gasteiger partial charge in [0.15, 0.2) is 5.17 Å². The predicted octanol–water partition coefficient (Wildman–Crippen LogP) is 5.75. The van der Waals surface area contributed by atoms with Crippen molar-refractivity contribution in [3.63, 3.8) is 0 Å². The number of thioether (sulfide) groups is 1. The van der Waals surface area contributed by atoms with Crippen molar-refractivity contribution < 1.29 is 9.90 Å². The number of aromatic hydroxyl groups is 1. The molecule has 2 aromatic carbocycles. The minimum atomic E-state index is -0.167. The molecule has 1 amide bonds. The lowest BCUT2D eigenvalue weighted by Crippen LogP contribution is -2.48. The molecule has 0 radical (unpaired) electrons. The highest BCUT2D eigenvalue weighted by Crippen LogP contribution is 2.60. The lowest BCUT2D eigenvalue weighted by atomic mass is 9.48. The summed E-state index contributed by atoms with van der Waals surface area (Å²) in [6, 6.07) is 15.7. The summed E-state index contributed by atoms with van der Waals surface area (Å²) in [4.78, 5) is 17.6. The molecule has 31 heavy (non-hydrogen) atoms. The normalized spacial score (nSPS) is 33.9. The van der Waals surface area contributed by atoms with Crippen LogP contribution in [0.25, 0.3) is 6.08 Å². The number of carbonyl (C=O) groups is 1. The SMILES string of the molecule is O=C1NC(=Nc2ccccc2)S/C1=C/c1cc(C23CC4CC(CC(C4)C2)C3)ccc1O. The lowest BCUT2D eigenvalue weighted by Gasteiger charge is -2.57. The third-order valence-electron chi connectivity index (χ3n) is 7.60. The van der Waals surface area contributed by atoms with Gasteiger partial charge in [-0.25, -0.2) is 4.99 Å². The Labute approximate surface area is 186 Å². The molecule has 4 nitrogen and oxygen atoms in total. The van der Waals surface area contributed by atoms with Crippen molar-refractivity contribution in [3.05, 3.63) is 64.6 Å². The van der Waals surface area contributed by atoms with Gasteiger partial charge in [0.05, 0.1) is 10.6 Å². The minimum absolute atomic E-state index is 0.167. The van der Waals surface area contributed by atoms with Gasteiger partial charge in [0, 0.05) is 5.56 Å². The zero-order valence-electron chi connectivity index (χ0n) is 17.4. The van der Waals surface area contributed by atoms with Crippen LogP contribution in [0, 0.1) is 17.8 Å². The zero-order valence-corrected chi connectivity index (χ0v) is 18.2. The molecule has 5 heteroatoms. The molecule has 4 bridgehead atoms. The summed E-state index contributed by atoms with van der Waals surface area (Å²) in [6.45, 7) is 0. The number of carbonyl (C=O) groups excluding carboxylic acids is 1. The fourth-order valence-electron chi connectivity index (χ4n) is 6.71. The van der Waals surface area contributed by atoms with Gasteiger partial charge < -0.3 is 10.4 Å². The highest BCUT2D eigenvalue weighted by atomic mass is 32.2. The largest absolute Gasteiger partial charge is 0.507 e.